The number of hydrogen-bond donors (Lipinski definition) is 1. The van der Waals surface area contributed by atoms with Gasteiger partial charge in [0.05, 0.1) is 17.0 Å². The minimum Gasteiger partial charge on any atom is -0.354 e. The highest BCUT2D eigenvalue weighted by Crippen LogP contribution is 2.28. The van der Waals surface area contributed by atoms with Crippen molar-refractivity contribution in [3.8, 4) is 0 Å². The maximum atomic E-state index is 14.8. The van der Waals surface area contributed by atoms with Gasteiger partial charge in [0.15, 0.2) is 0 Å². The maximum absolute atomic E-state index is 14.8. The Morgan fingerprint density at radius 3 is 2.26 bits per heavy atom. The molecule has 0 heterocycles. The monoisotopic (exact) mass is 573 g/mol. The summed E-state index contributed by atoms with van der Waals surface area (Å²) in [5.74, 6) is -1.61. The van der Waals surface area contributed by atoms with Crippen molar-refractivity contribution in [3.05, 3.63) is 101 Å². The third-order valence-electron chi connectivity index (χ3n) is 6.20. The molecule has 7 nitrogen and oxygen atoms in total. The molecule has 208 valence electrons. The Morgan fingerprint density at radius 1 is 0.974 bits per heavy atom. The van der Waals surface area contributed by atoms with Crippen LogP contribution in [-0.2, 0) is 32.6 Å². The molecule has 0 aliphatic rings. The lowest BCUT2D eigenvalue weighted by atomic mass is 10.0. The molecule has 1 N–H and O–H groups in total. The minimum absolute atomic E-state index is 0.132. The first-order valence-corrected chi connectivity index (χ1v) is 14.9. The van der Waals surface area contributed by atoms with E-state index in [4.69, 9.17) is 11.6 Å². The number of benzene rings is 3. The molecule has 0 radical (unpaired) electrons. The number of carbonyl (C=O) groups excluding carboxylic acids is 2. The molecule has 39 heavy (non-hydrogen) atoms. The number of nitrogens with one attached hydrogen (secondary N) is 1. The van der Waals surface area contributed by atoms with Gasteiger partial charge in [-0.3, -0.25) is 13.9 Å². The van der Waals surface area contributed by atoms with Gasteiger partial charge in [-0.25, -0.2) is 12.8 Å². The van der Waals surface area contributed by atoms with E-state index in [1.165, 1.54) is 35.2 Å². The predicted octanol–water partition coefficient (Wildman–Crippen LogP) is 4.80. The summed E-state index contributed by atoms with van der Waals surface area (Å²) in [6.07, 6.45) is 2.75. The van der Waals surface area contributed by atoms with Gasteiger partial charge in [-0.15, -0.1) is 0 Å². The average molecular weight is 574 g/mol. The van der Waals surface area contributed by atoms with Gasteiger partial charge in [-0.2, -0.15) is 0 Å². The number of nitrogens with zero attached hydrogens (tertiary/aromatic N) is 2. The third-order valence-corrected chi connectivity index (χ3v) is 7.65. The highest BCUT2D eigenvalue weighted by molar-refractivity contribution is 7.92. The van der Waals surface area contributed by atoms with Crippen LogP contribution in [-0.4, -0.2) is 50.5 Å². The minimum atomic E-state index is -3.95. The van der Waals surface area contributed by atoms with Crippen LogP contribution in [0.5, 0.6) is 0 Å². The van der Waals surface area contributed by atoms with Crippen LogP contribution in [0.2, 0.25) is 5.02 Å². The fourth-order valence-corrected chi connectivity index (χ4v) is 5.27. The summed E-state index contributed by atoms with van der Waals surface area (Å²) >= 11 is 6.29. The van der Waals surface area contributed by atoms with E-state index in [2.05, 4.69) is 5.32 Å². The highest BCUT2D eigenvalue weighted by Gasteiger charge is 2.33. The van der Waals surface area contributed by atoms with E-state index in [-0.39, 0.29) is 29.2 Å². The molecule has 1 atom stereocenters. The quantitative estimate of drug-likeness (QED) is 0.298. The van der Waals surface area contributed by atoms with Crippen molar-refractivity contribution in [2.45, 2.75) is 38.8 Å². The molecular weight excluding hydrogens is 541 g/mol. The predicted molar refractivity (Wildman–Crippen MR) is 152 cm³/mol. The molecule has 3 aromatic carbocycles. The van der Waals surface area contributed by atoms with Gasteiger partial charge in [0.25, 0.3) is 0 Å². The molecule has 0 aromatic heterocycles. The Balaban J connectivity index is 2.05. The van der Waals surface area contributed by atoms with Crippen LogP contribution in [0.4, 0.5) is 10.1 Å². The van der Waals surface area contributed by atoms with Crippen LogP contribution in [0.3, 0.4) is 0 Å². The normalized spacial score (nSPS) is 12.0. The van der Waals surface area contributed by atoms with Crippen LogP contribution < -0.4 is 9.62 Å². The number of amides is 2. The van der Waals surface area contributed by atoms with Crippen molar-refractivity contribution in [1.29, 1.82) is 0 Å². The Kier molecular flexibility index (Phi) is 10.9. The van der Waals surface area contributed by atoms with Gasteiger partial charge < -0.3 is 10.2 Å². The summed E-state index contributed by atoms with van der Waals surface area (Å²) in [6.45, 7) is 1.56. The second-order valence-corrected chi connectivity index (χ2v) is 11.5. The van der Waals surface area contributed by atoms with E-state index in [1.54, 1.807) is 18.2 Å². The van der Waals surface area contributed by atoms with Crippen molar-refractivity contribution in [3.63, 3.8) is 0 Å². The first-order valence-electron chi connectivity index (χ1n) is 12.7. The third kappa shape index (κ3) is 8.53. The number of rotatable bonds is 13. The Hall–Kier alpha value is -3.43. The van der Waals surface area contributed by atoms with Crippen LogP contribution in [0.25, 0.3) is 0 Å². The molecular formula is C29H33ClFN3O4S. The van der Waals surface area contributed by atoms with E-state index < -0.39 is 40.2 Å². The van der Waals surface area contributed by atoms with E-state index in [0.29, 0.717) is 6.54 Å². The molecule has 10 heteroatoms. The summed E-state index contributed by atoms with van der Waals surface area (Å²) in [5, 5.41) is 3.03. The zero-order chi connectivity index (χ0) is 28.4. The topological polar surface area (TPSA) is 86.8 Å². The Bertz CT molecular complexity index is 1370. The van der Waals surface area contributed by atoms with Gasteiger partial charge in [0, 0.05) is 25.1 Å². The summed E-state index contributed by atoms with van der Waals surface area (Å²) in [6, 6.07) is 20.4. The van der Waals surface area contributed by atoms with Crippen LogP contribution >= 0.6 is 11.6 Å². The molecule has 0 aliphatic carbocycles. The van der Waals surface area contributed by atoms with Crippen LogP contribution in [0.1, 0.15) is 30.9 Å². The van der Waals surface area contributed by atoms with Crippen molar-refractivity contribution >= 4 is 39.1 Å². The van der Waals surface area contributed by atoms with Gasteiger partial charge in [0.1, 0.15) is 18.4 Å². The molecule has 3 aromatic rings. The van der Waals surface area contributed by atoms with E-state index >= 15 is 0 Å². The zero-order valence-electron chi connectivity index (χ0n) is 22.0. The maximum Gasteiger partial charge on any atom is 0.244 e. The van der Waals surface area contributed by atoms with Crippen molar-refractivity contribution < 1.29 is 22.4 Å². The summed E-state index contributed by atoms with van der Waals surface area (Å²) < 4.78 is 41.2. The van der Waals surface area contributed by atoms with Crippen molar-refractivity contribution in [2.75, 3.05) is 23.7 Å². The first-order chi connectivity index (χ1) is 18.6. The fraction of sp³-hybridized carbons (Fsp3) is 0.310. The van der Waals surface area contributed by atoms with Gasteiger partial charge in [-0.1, -0.05) is 85.6 Å². The zero-order valence-corrected chi connectivity index (χ0v) is 23.6. The smallest absolute Gasteiger partial charge is 0.244 e. The standard InChI is InChI=1S/C29H33ClFN3O4S/c1-3-4-18-32-29(36)27(19-22-12-6-5-7-13-22)33(20-23-14-8-10-16-25(23)31)28(35)21-34(39(2,37)38)26-17-11-9-15-24(26)30/h5-17,27H,3-4,18-21H2,1-2H3,(H,32,36)/t27-/m1/s1. The number of halogens is 2. The summed E-state index contributed by atoms with van der Waals surface area (Å²) in [7, 11) is -3.95. The molecule has 0 aliphatic heterocycles. The largest absolute Gasteiger partial charge is 0.354 e. The van der Waals surface area contributed by atoms with Crippen molar-refractivity contribution in [1.82, 2.24) is 10.2 Å². The molecule has 0 saturated carbocycles. The summed E-state index contributed by atoms with van der Waals surface area (Å²) in [5.41, 5.74) is 1.13. The summed E-state index contributed by atoms with van der Waals surface area (Å²) in [4.78, 5) is 28.7. The number of para-hydroxylation sites is 1. The average Bonchev–Trinajstić information content (AvgIpc) is 2.90. The fourth-order valence-electron chi connectivity index (χ4n) is 4.12. The molecule has 0 bridgehead atoms. The number of anilines is 1. The van der Waals surface area contributed by atoms with Crippen molar-refractivity contribution in [2.24, 2.45) is 0 Å². The molecule has 0 fully saturated rings. The first kappa shape index (κ1) is 30.1. The lowest BCUT2D eigenvalue weighted by molar-refractivity contribution is -0.140. The lowest BCUT2D eigenvalue weighted by Gasteiger charge is -2.33. The Labute approximate surface area is 234 Å². The second-order valence-electron chi connectivity index (χ2n) is 9.18. The SMILES string of the molecule is CCCCNC(=O)[C@@H](Cc1ccccc1)N(Cc1ccccc1F)C(=O)CN(c1ccccc1Cl)S(C)(=O)=O. The number of unbranched alkanes of at least 4 members (excludes halogenated alkanes) is 1. The number of sulfonamides is 1. The molecule has 3 rings (SSSR count). The van der Waals surface area contributed by atoms with E-state index in [1.807, 2.05) is 37.3 Å². The second kappa shape index (κ2) is 14.1. The molecule has 2 amide bonds. The lowest BCUT2D eigenvalue weighted by Crippen LogP contribution is -2.53. The highest BCUT2D eigenvalue weighted by atomic mass is 35.5. The van der Waals surface area contributed by atoms with Crippen LogP contribution in [0.15, 0.2) is 78.9 Å². The Morgan fingerprint density at radius 2 is 1.62 bits per heavy atom. The molecule has 0 unspecified atom stereocenters. The van der Waals surface area contributed by atoms with Gasteiger partial charge in [0.2, 0.25) is 21.8 Å². The van der Waals surface area contributed by atoms with E-state index in [0.717, 1.165) is 29.0 Å². The van der Waals surface area contributed by atoms with Crippen LogP contribution in [0, 0.1) is 5.82 Å². The number of hydrogen-bond acceptors (Lipinski definition) is 4. The van der Waals surface area contributed by atoms with E-state index in [9.17, 15) is 22.4 Å². The molecule has 0 spiro atoms. The number of carbonyl (C=O) groups is 2. The van der Waals surface area contributed by atoms with Gasteiger partial charge in [-0.05, 0) is 30.2 Å². The molecule has 0 saturated heterocycles. The van der Waals surface area contributed by atoms with Gasteiger partial charge >= 0.3 is 0 Å².